The Hall–Kier alpha value is -3.65. The molecule has 0 fully saturated rings. The number of benzene rings is 3. The third kappa shape index (κ3) is 6.20. The van der Waals surface area contributed by atoms with Crippen LogP contribution in [0, 0.1) is 0 Å². The van der Waals surface area contributed by atoms with Crippen molar-refractivity contribution in [2.75, 3.05) is 23.3 Å². The van der Waals surface area contributed by atoms with Gasteiger partial charge in [0, 0.05) is 31.1 Å². The van der Waals surface area contributed by atoms with Crippen molar-refractivity contribution in [2.45, 2.75) is 24.7 Å². The first-order valence-electron chi connectivity index (χ1n) is 10.5. The van der Waals surface area contributed by atoms with Crippen LogP contribution in [-0.4, -0.2) is 33.8 Å². The van der Waals surface area contributed by atoms with Gasteiger partial charge in [0.15, 0.2) is 5.78 Å². The highest BCUT2D eigenvalue weighted by atomic mass is 32.2. The number of ketones is 1. The predicted molar refractivity (Wildman–Crippen MR) is 128 cm³/mol. The first kappa shape index (κ1) is 24.0. The lowest BCUT2D eigenvalue weighted by atomic mass is 10.1. The van der Waals surface area contributed by atoms with E-state index in [1.54, 1.807) is 66.7 Å². The van der Waals surface area contributed by atoms with Crippen molar-refractivity contribution in [3.8, 4) is 5.75 Å². The SMILES string of the molecule is CCOc1ccc(C(=O)CCC(=O)Nc2cccc(S(=O)(=O)N(C)c3ccccc3)c2)cc1. The molecule has 0 saturated heterocycles. The topological polar surface area (TPSA) is 92.8 Å². The van der Waals surface area contributed by atoms with Crippen LogP contribution in [0.2, 0.25) is 0 Å². The highest BCUT2D eigenvalue weighted by Gasteiger charge is 2.21. The monoisotopic (exact) mass is 466 g/mol. The molecule has 0 radical (unpaired) electrons. The Morgan fingerprint density at radius 2 is 1.61 bits per heavy atom. The average molecular weight is 467 g/mol. The number of carbonyl (C=O) groups is 2. The number of hydrogen-bond acceptors (Lipinski definition) is 5. The lowest BCUT2D eigenvalue weighted by Crippen LogP contribution is -2.26. The van der Waals surface area contributed by atoms with E-state index in [9.17, 15) is 18.0 Å². The van der Waals surface area contributed by atoms with Gasteiger partial charge in [-0.05, 0) is 61.5 Å². The molecule has 0 aliphatic rings. The molecule has 33 heavy (non-hydrogen) atoms. The van der Waals surface area contributed by atoms with E-state index in [1.807, 2.05) is 6.92 Å². The fraction of sp³-hybridized carbons (Fsp3) is 0.200. The Morgan fingerprint density at radius 1 is 0.909 bits per heavy atom. The Bertz CT molecular complexity index is 1210. The minimum Gasteiger partial charge on any atom is -0.494 e. The third-order valence-electron chi connectivity index (χ3n) is 4.96. The molecule has 3 aromatic rings. The Labute approximate surface area is 194 Å². The van der Waals surface area contributed by atoms with Crippen LogP contribution in [0.5, 0.6) is 5.75 Å². The van der Waals surface area contributed by atoms with Crippen molar-refractivity contribution in [2.24, 2.45) is 0 Å². The van der Waals surface area contributed by atoms with Gasteiger partial charge in [-0.1, -0.05) is 24.3 Å². The highest BCUT2D eigenvalue weighted by molar-refractivity contribution is 7.92. The van der Waals surface area contributed by atoms with Gasteiger partial charge in [-0.2, -0.15) is 0 Å². The lowest BCUT2D eigenvalue weighted by Gasteiger charge is -2.19. The molecule has 0 aromatic heterocycles. The zero-order valence-corrected chi connectivity index (χ0v) is 19.3. The van der Waals surface area contributed by atoms with Crippen molar-refractivity contribution in [1.82, 2.24) is 0 Å². The second-order valence-corrected chi connectivity index (χ2v) is 9.23. The fourth-order valence-electron chi connectivity index (χ4n) is 3.17. The van der Waals surface area contributed by atoms with Crippen LogP contribution in [0.4, 0.5) is 11.4 Å². The first-order valence-corrected chi connectivity index (χ1v) is 11.9. The lowest BCUT2D eigenvalue weighted by molar-refractivity contribution is -0.116. The van der Waals surface area contributed by atoms with Crippen LogP contribution in [-0.2, 0) is 14.8 Å². The number of carbonyl (C=O) groups excluding carboxylic acids is 2. The number of rotatable bonds is 10. The molecule has 3 aromatic carbocycles. The van der Waals surface area contributed by atoms with Gasteiger partial charge in [0.25, 0.3) is 10.0 Å². The van der Waals surface area contributed by atoms with Gasteiger partial charge in [-0.3, -0.25) is 13.9 Å². The summed E-state index contributed by atoms with van der Waals surface area (Å²) < 4.78 is 32.5. The summed E-state index contributed by atoms with van der Waals surface area (Å²) >= 11 is 0. The normalized spacial score (nSPS) is 11.0. The quantitative estimate of drug-likeness (QED) is 0.444. The number of nitrogens with zero attached hydrogens (tertiary/aromatic N) is 1. The summed E-state index contributed by atoms with van der Waals surface area (Å²) in [6.45, 7) is 2.42. The molecule has 3 rings (SSSR count). The van der Waals surface area contributed by atoms with E-state index in [0.29, 0.717) is 29.3 Å². The maximum absolute atomic E-state index is 13.0. The summed E-state index contributed by atoms with van der Waals surface area (Å²) in [6.07, 6.45) is 0.0154. The van der Waals surface area contributed by atoms with E-state index >= 15 is 0 Å². The van der Waals surface area contributed by atoms with E-state index in [1.165, 1.54) is 23.5 Å². The number of Topliss-reactive ketones (excluding diaryl/α,β-unsaturated/α-hetero) is 1. The number of ether oxygens (including phenoxy) is 1. The van der Waals surface area contributed by atoms with Crippen molar-refractivity contribution in [3.05, 3.63) is 84.4 Å². The molecule has 0 atom stereocenters. The van der Waals surface area contributed by atoms with Gasteiger partial charge < -0.3 is 10.1 Å². The van der Waals surface area contributed by atoms with Crippen molar-refractivity contribution < 1.29 is 22.7 Å². The number of nitrogens with one attached hydrogen (secondary N) is 1. The maximum atomic E-state index is 13.0. The van der Waals surface area contributed by atoms with Crippen LogP contribution >= 0.6 is 0 Å². The van der Waals surface area contributed by atoms with Crippen LogP contribution in [0.1, 0.15) is 30.1 Å². The van der Waals surface area contributed by atoms with E-state index < -0.39 is 10.0 Å². The minimum atomic E-state index is -3.80. The van der Waals surface area contributed by atoms with Gasteiger partial charge in [0.1, 0.15) is 5.75 Å². The molecule has 0 aliphatic carbocycles. The second kappa shape index (κ2) is 10.8. The molecule has 1 amide bonds. The van der Waals surface area contributed by atoms with Crippen molar-refractivity contribution >= 4 is 33.1 Å². The molecule has 7 nitrogen and oxygen atoms in total. The number of amides is 1. The van der Waals surface area contributed by atoms with Gasteiger partial charge in [0.2, 0.25) is 5.91 Å². The number of sulfonamides is 1. The van der Waals surface area contributed by atoms with Crippen molar-refractivity contribution in [1.29, 1.82) is 0 Å². The molecule has 0 saturated carbocycles. The Balaban J connectivity index is 1.61. The zero-order chi connectivity index (χ0) is 23.8. The summed E-state index contributed by atoms with van der Waals surface area (Å²) in [6, 6.07) is 21.5. The number of hydrogen-bond donors (Lipinski definition) is 1. The smallest absolute Gasteiger partial charge is 0.264 e. The Morgan fingerprint density at radius 3 is 2.27 bits per heavy atom. The third-order valence-corrected chi connectivity index (χ3v) is 6.74. The molecule has 0 heterocycles. The first-order chi connectivity index (χ1) is 15.8. The van der Waals surface area contributed by atoms with Gasteiger partial charge in [0.05, 0.1) is 17.2 Å². The van der Waals surface area contributed by atoms with E-state index in [0.717, 1.165) is 0 Å². The number of anilines is 2. The molecule has 0 spiro atoms. The zero-order valence-electron chi connectivity index (χ0n) is 18.5. The summed E-state index contributed by atoms with van der Waals surface area (Å²) in [5, 5.41) is 2.67. The van der Waals surface area contributed by atoms with Gasteiger partial charge in [-0.15, -0.1) is 0 Å². The average Bonchev–Trinajstić information content (AvgIpc) is 2.83. The molecule has 1 N–H and O–H groups in total. The molecular weight excluding hydrogens is 440 g/mol. The fourth-order valence-corrected chi connectivity index (χ4v) is 4.41. The van der Waals surface area contributed by atoms with E-state index in [2.05, 4.69) is 5.32 Å². The summed E-state index contributed by atoms with van der Waals surface area (Å²) in [5.41, 5.74) is 1.37. The molecule has 0 aliphatic heterocycles. The van der Waals surface area contributed by atoms with E-state index in [-0.39, 0.29) is 29.4 Å². The van der Waals surface area contributed by atoms with E-state index in [4.69, 9.17) is 4.74 Å². The van der Waals surface area contributed by atoms with Crippen LogP contribution in [0.3, 0.4) is 0 Å². The minimum absolute atomic E-state index is 0.0209. The maximum Gasteiger partial charge on any atom is 0.264 e. The molecule has 0 unspecified atom stereocenters. The summed E-state index contributed by atoms with van der Waals surface area (Å²) in [7, 11) is -2.33. The molecule has 172 valence electrons. The van der Waals surface area contributed by atoms with Crippen LogP contribution < -0.4 is 14.4 Å². The van der Waals surface area contributed by atoms with Gasteiger partial charge in [-0.25, -0.2) is 8.42 Å². The molecule has 8 heteroatoms. The summed E-state index contributed by atoms with van der Waals surface area (Å²) in [4.78, 5) is 24.8. The van der Waals surface area contributed by atoms with Crippen molar-refractivity contribution in [3.63, 3.8) is 0 Å². The highest BCUT2D eigenvalue weighted by Crippen LogP contribution is 2.24. The van der Waals surface area contributed by atoms with Gasteiger partial charge >= 0.3 is 0 Å². The number of para-hydroxylation sites is 1. The summed E-state index contributed by atoms with van der Waals surface area (Å²) in [5.74, 6) is 0.147. The molecular formula is C25H26N2O5S. The Kier molecular flexibility index (Phi) is 7.84. The van der Waals surface area contributed by atoms with Crippen LogP contribution in [0.25, 0.3) is 0 Å². The second-order valence-electron chi connectivity index (χ2n) is 7.26. The predicted octanol–water partition coefficient (Wildman–Crippen LogP) is 4.51. The molecule has 0 bridgehead atoms. The van der Waals surface area contributed by atoms with Crippen LogP contribution in [0.15, 0.2) is 83.8 Å². The standard InChI is InChI=1S/C25H26N2O5S/c1-3-32-22-14-12-19(13-15-22)24(28)16-17-25(29)26-20-8-7-11-23(18-20)33(30,31)27(2)21-9-5-4-6-10-21/h4-15,18H,3,16-17H2,1-2H3,(H,26,29). The largest absolute Gasteiger partial charge is 0.494 e.